The highest BCUT2D eigenvalue weighted by molar-refractivity contribution is 6.51. The monoisotopic (exact) mass is 452 g/mol. The van der Waals surface area contributed by atoms with E-state index in [1.807, 2.05) is 0 Å². The molecule has 1 aliphatic rings. The minimum Gasteiger partial charge on any atom is -0.507 e. The number of benzene rings is 2. The zero-order valence-electron chi connectivity index (χ0n) is 17.2. The van der Waals surface area contributed by atoms with E-state index >= 15 is 0 Å². The third-order valence-corrected chi connectivity index (χ3v) is 5.57. The Morgan fingerprint density at radius 2 is 1.94 bits per heavy atom. The largest absolute Gasteiger partial charge is 0.507 e. The summed E-state index contributed by atoms with van der Waals surface area (Å²) in [7, 11) is 1.52. The summed E-state index contributed by atoms with van der Waals surface area (Å²) in [5.41, 5.74) is 1.47. The fourth-order valence-corrected chi connectivity index (χ4v) is 3.90. The average Bonchev–Trinajstić information content (AvgIpc) is 3.06. The molecule has 1 N–H and O–H groups in total. The van der Waals surface area contributed by atoms with Crippen LogP contribution >= 0.6 is 11.6 Å². The maximum atomic E-state index is 13.7. The molecular formula is C24H18ClFN2O4. The lowest BCUT2D eigenvalue weighted by molar-refractivity contribution is -0.132. The van der Waals surface area contributed by atoms with Gasteiger partial charge in [-0.2, -0.15) is 0 Å². The second-order valence-electron chi connectivity index (χ2n) is 7.20. The second kappa shape index (κ2) is 8.43. The van der Waals surface area contributed by atoms with Crippen LogP contribution in [0.5, 0.6) is 5.75 Å². The predicted molar refractivity (Wildman–Crippen MR) is 118 cm³/mol. The van der Waals surface area contributed by atoms with Crippen LogP contribution in [0.2, 0.25) is 5.02 Å². The zero-order chi connectivity index (χ0) is 23.0. The number of aliphatic hydroxyl groups excluding tert-OH is 1. The first-order valence-corrected chi connectivity index (χ1v) is 10.0. The van der Waals surface area contributed by atoms with E-state index in [0.29, 0.717) is 22.6 Å². The number of halogens is 2. The smallest absolute Gasteiger partial charge is 0.300 e. The highest BCUT2D eigenvalue weighted by Crippen LogP contribution is 2.42. The van der Waals surface area contributed by atoms with E-state index in [1.165, 1.54) is 30.3 Å². The Morgan fingerprint density at radius 3 is 2.56 bits per heavy atom. The van der Waals surface area contributed by atoms with E-state index < -0.39 is 23.5 Å². The van der Waals surface area contributed by atoms with Crippen molar-refractivity contribution in [2.45, 2.75) is 13.0 Å². The summed E-state index contributed by atoms with van der Waals surface area (Å²) in [5.74, 6) is -2.17. The lowest BCUT2D eigenvalue weighted by Gasteiger charge is -2.25. The number of ether oxygens (including phenoxy) is 1. The molecule has 0 radical (unpaired) electrons. The minimum atomic E-state index is -1.03. The van der Waals surface area contributed by atoms with Crippen molar-refractivity contribution in [1.29, 1.82) is 0 Å². The summed E-state index contributed by atoms with van der Waals surface area (Å²) in [4.78, 5) is 31.6. The Bertz CT molecular complexity index is 1260. The molecule has 0 aliphatic carbocycles. The summed E-state index contributed by atoms with van der Waals surface area (Å²) in [6.07, 6.45) is 1.52. The van der Waals surface area contributed by atoms with Crippen molar-refractivity contribution in [3.05, 3.63) is 94.0 Å². The van der Waals surface area contributed by atoms with Crippen LogP contribution in [0.25, 0.3) is 5.76 Å². The molecule has 1 amide bonds. The molecule has 0 spiro atoms. The SMILES string of the molecule is COc1ccc(/C(O)=C2\C(=O)C(=O)N(c3ccc(F)c(Cl)c3)C2c2ccccn2)c(C)c1. The average molecular weight is 453 g/mol. The van der Waals surface area contributed by atoms with Gasteiger partial charge in [0.1, 0.15) is 23.4 Å². The summed E-state index contributed by atoms with van der Waals surface area (Å²) < 4.78 is 18.9. The second-order valence-corrected chi connectivity index (χ2v) is 7.61. The summed E-state index contributed by atoms with van der Waals surface area (Å²) in [6, 6.07) is 12.7. The Kier molecular flexibility index (Phi) is 5.67. The number of rotatable bonds is 4. The predicted octanol–water partition coefficient (Wildman–Crippen LogP) is 4.82. The number of anilines is 1. The molecule has 1 saturated heterocycles. The number of hydrogen-bond acceptors (Lipinski definition) is 5. The van der Waals surface area contributed by atoms with Gasteiger partial charge in [-0.15, -0.1) is 0 Å². The van der Waals surface area contributed by atoms with Crippen LogP contribution in [0, 0.1) is 12.7 Å². The van der Waals surface area contributed by atoms with Crippen molar-refractivity contribution in [3.63, 3.8) is 0 Å². The van der Waals surface area contributed by atoms with Gasteiger partial charge in [-0.1, -0.05) is 17.7 Å². The first kappa shape index (κ1) is 21.5. The molecule has 2 aromatic carbocycles. The molecule has 162 valence electrons. The molecule has 4 rings (SSSR count). The molecule has 0 bridgehead atoms. The van der Waals surface area contributed by atoms with Crippen LogP contribution in [-0.4, -0.2) is 28.9 Å². The number of Topliss-reactive ketones (excluding diaryl/α,β-unsaturated/α-hetero) is 1. The Balaban J connectivity index is 1.95. The molecular weight excluding hydrogens is 435 g/mol. The summed E-state index contributed by atoms with van der Waals surface area (Å²) >= 11 is 5.93. The molecule has 3 aromatic rings. The Morgan fingerprint density at radius 1 is 1.16 bits per heavy atom. The lowest BCUT2D eigenvalue weighted by atomic mass is 9.96. The third-order valence-electron chi connectivity index (χ3n) is 5.28. The highest BCUT2D eigenvalue weighted by atomic mass is 35.5. The number of aliphatic hydroxyl groups is 1. The van der Waals surface area contributed by atoms with Crippen LogP contribution in [-0.2, 0) is 9.59 Å². The number of amides is 1. The van der Waals surface area contributed by atoms with Gasteiger partial charge in [0.05, 0.1) is 23.4 Å². The van der Waals surface area contributed by atoms with Crippen molar-refractivity contribution < 1.29 is 23.8 Å². The van der Waals surface area contributed by atoms with Crippen molar-refractivity contribution in [2.24, 2.45) is 0 Å². The molecule has 2 heterocycles. The molecule has 1 atom stereocenters. The fraction of sp³-hybridized carbons (Fsp3) is 0.125. The molecule has 1 unspecified atom stereocenters. The number of methoxy groups -OCH3 is 1. The fourth-order valence-electron chi connectivity index (χ4n) is 3.73. The number of aryl methyl sites for hydroxylation is 1. The summed E-state index contributed by atoms with van der Waals surface area (Å²) in [6.45, 7) is 1.75. The van der Waals surface area contributed by atoms with Crippen molar-refractivity contribution in [1.82, 2.24) is 4.98 Å². The number of hydrogen-bond donors (Lipinski definition) is 1. The number of carbonyl (C=O) groups is 2. The molecule has 8 heteroatoms. The molecule has 1 aliphatic heterocycles. The Labute approximate surface area is 188 Å². The van der Waals surface area contributed by atoms with Crippen molar-refractivity contribution >= 4 is 34.7 Å². The first-order chi connectivity index (χ1) is 15.3. The maximum absolute atomic E-state index is 13.7. The van der Waals surface area contributed by atoms with Gasteiger partial charge in [-0.05, 0) is 61.0 Å². The lowest BCUT2D eigenvalue weighted by Crippen LogP contribution is -2.29. The molecule has 32 heavy (non-hydrogen) atoms. The number of carbonyl (C=O) groups excluding carboxylic acids is 2. The van der Waals surface area contributed by atoms with E-state index in [0.717, 1.165) is 6.07 Å². The third kappa shape index (κ3) is 3.61. The molecule has 6 nitrogen and oxygen atoms in total. The molecule has 1 aromatic heterocycles. The van der Waals surface area contributed by atoms with Crippen LogP contribution in [0.3, 0.4) is 0 Å². The van der Waals surface area contributed by atoms with E-state index in [2.05, 4.69) is 4.98 Å². The van der Waals surface area contributed by atoms with Crippen molar-refractivity contribution in [2.75, 3.05) is 12.0 Å². The molecule has 0 saturated carbocycles. The number of ketones is 1. The van der Waals surface area contributed by atoms with Gasteiger partial charge >= 0.3 is 0 Å². The van der Waals surface area contributed by atoms with Gasteiger partial charge in [0, 0.05) is 17.4 Å². The van der Waals surface area contributed by atoms with Gasteiger partial charge in [0.25, 0.3) is 11.7 Å². The topological polar surface area (TPSA) is 79.7 Å². The van der Waals surface area contributed by atoms with Crippen molar-refractivity contribution in [3.8, 4) is 5.75 Å². The number of nitrogens with zero attached hydrogens (tertiary/aromatic N) is 2. The van der Waals surface area contributed by atoms with Crippen LogP contribution in [0.1, 0.15) is 22.9 Å². The van der Waals surface area contributed by atoms with Gasteiger partial charge in [-0.25, -0.2) is 4.39 Å². The maximum Gasteiger partial charge on any atom is 0.300 e. The normalized spacial score (nSPS) is 17.6. The van der Waals surface area contributed by atoms with E-state index in [-0.39, 0.29) is 22.0 Å². The highest BCUT2D eigenvalue weighted by Gasteiger charge is 2.47. The zero-order valence-corrected chi connectivity index (χ0v) is 17.9. The van der Waals surface area contributed by atoms with Crippen LogP contribution < -0.4 is 9.64 Å². The number of aromatic nitrogens is 1. The van der Waals surface area contributed by atoms with Crippen LogP contribution in [0.15, 0.2) is 66.4 Å². The van der Waals surface area contributed by atoms with Gasteiger partial charge in [-0.3, -0.25) is 19.5 Å². The Hall–Kier alpha value is -3.71. The summed E-state index contributed by atoms with van der Waals surface area (Å²) in [5, 5.41) is 11.0. The van der Waals surface area contributed by atoms with Crippen LogP contribution in [0.4, 0.5) is 10.1 Å². The van der Waals surface area contributed by atoms with E-state index in [9.17, 15) is 19.1 Å². The van der Waals surface area contributed by atoms with E-state index in [4.69, 9.17) is 16.3 Å². The van der Waals surface area contributed by atoms with E-state index in [1.54, 1.807) is 43.3 Å². The molecule has 1 fully saturated rings. The van der Waals surface area contributed by atoms with Gasteiger partial charge in [0.15, 0.2) is 0 Å². The quantitative estimate of drug-likeness (QED) is 0.349. The first-order valence-electron chi connectivity index (χ1n) is 9.65. The number of pyridine rings is 1. The minimum absolute atomic E-state index is 0.123. The van der Waals surface area contributed by atoms with Gasteiger partial charge < -0.3 is 9.84 Å². The van der Waals surface area contributed by atoms with Gasteiger partial charge in [0.2, 0.25) is 0 Å². The standard InChI is InChI=1S/C24H18ClFN2O4/c1-13-11-15(32-2)7-8-16(13)22(29)20-21(19-5-3-4-10-27-19)28(24(31)23(20)30)14-6-9-18(26)17(25)12-14/h3-12,21,29H,1-2H3/b22-20+.